The Labute approximate surface area is 198 Å². The second-order valence-electron chi connectivity index (χ2n) is 7.47. The smallest absolute Gasteiger partial charge is 0.234 e. The van der Waals surface area contributed by atoms with Gasteiger partial charge in [0, 0.05) is 22.7 Å². The second kappa shape index (κ2) is 9.44. The number of amides is 1. The van der Waals surface area contributed by atoms with Crippen molar-refractivity contribution in [2.75, 3.05) is 11.1 Å². The Morgan fingerprint density at radius 3 is 2.47 bits per heavy atom. The van der Waals surface area contributed by atoms with Crippen LogP contribution in [0.1, 0.15) is 0 Å². The fourth-order valence-corrected chi connectivity index (χ4v) is 4.41. The topological polar surface area (TPSA) is 59.8 Å². The monoisotopic (exact) mass is 472 g/mol. The van der Waals surface area contributed by atoms with Gasteiger partial charge in [-0.05, 0) is 23.6 Å². The van der Waals surface area contributed by atoms with Gasteiger partial charge >= 0.3 is 0 Å². The van der Waals surface area contributed by atoms with Crippen LogP contribution < -0.4 is 5.32 Å². The zero-order chi connectivity index (χ0) is 23.5. The maximum absolute atomic E-state index is 14.7. The summed E-state index contributed by atoms with van der Waals surface area (Å²) in [4.78, 5) is 12.8. The third-order valence-corrected chi connectivity index (χ3v) is 6.14. The van der Waals surface area contributed by atoms with Crippen LogP contribution in [0.4, 0.5) is 14.5 Å². The first-order valence-electron chi connectivity index (χ1n) is 10.5. The molecule has 5 aromatic rings. The lowest BCUT2D eigenvalue weighted by molar-refractivity contribution is -0.113. The van der Waals surface area contributed by atoms with E-state index >= 15 is 0 Å². The first kappa shape index (κ1) is 21.8. The number of hydrogen-bond acceptors (Lipinski definition) is 4. The predicted octanol–water partition coefficient (Wildman–Crippen LogP) is 6.10. The van der Waals surface area contributed by atoms with Gasteiger partial charge in [0.25, 0.3) is 0 Å². The van der Waals surface area contributed by atoms with E-state index in [-0.39, 0.29) is 17.3 Å². The molecule has 5 rings (SSSR count). The number of benzene rings is 4. The van der Waals surface area contributed by atoms with Crippen molar-refractivity contribution in [3.63, 3.8) is 0 Å². The lowest BCUT2D eigenvalue weighted by atomic mass is 10.1. The second-order valence-corrected chi connectivity index (χ2v) is 8.41. The molecule has 0 aliphatic rings. The highest BCUT2D eigenvalue weighted by Gasteiger charge is 2.20. The van der Waals surface area contributed by atoms with Gasteiger partial charge in [0.05, 0.1) is 11.4 Å². The fraction of sp³-hybridized carbons (Fsp3) is 0.0385. The van der Waals surface area contributed by atoms with E-state index in [4.69, 9.17) is 0 Å². The molecule has 1 N–H and O–H groups in total. The quantitative estimate of drug-likeness (QED) is 0.304. The highest BCUT2D eigenvalue weighted by Crippen LogP contribution is 2.30. The van der Waals surface area contributed by atoms with E-state index in [1.165, 1.54) is 16.7 Å². The van der Waals surface area contributed by atoms with E-state index in [9.17, 15) is 13.6 Å². The van der Waals surface area contributed by atoms with Crippen molar-refractivity contribution < 1.29 is 13.6 Å². The van der Waals surface area contributed by atoms with E-state index in [2.05, 4.69) is 15.5 Å². The van der Waals surface area contributed by atoms with Crippen LogP contribution in [0.15, 0.2) is 96.2 Å². The number of fused-ring (bicyclic) bond motifs is 1. The molecule has 0 aliphatic heterocycles. The molecule has 0 atom stereocenters. The van der Waals surface area contributed by atoms with Gasteiger partial charge in [-0.3, -0.25) is 9.36 Å². The standard InChI is InChI=1S/C26H18F2N4OS/c27-19-13-14-23(21(28)15-19)32-25(18-8-2-1-3-9-18)30-31-26(32)34-16-24(33)29-22-12-6-10-17-7-4-5-11-20(17)22/h1-15H,16H2,(H,29,33). The summed E-state index contributed by atoms with van der Waals surface area (Å²) in [5, 5.41) is 13.6. The van der Waals surface area contributed by atoms with Crippen LogP contribution in [0.5, 0.6) is 0 Å². The van der Waals surface area contributed by atoms with Crippen molar-refractivity contribution in [2.24, 2.45) is 0 Å². The van der Waals surface area contributed by atoms with E-state index in [1.54, 1.807) is 0 Å². The van der Waals surface area contributed by atoms with Crippen molar-refractivity contribution in [3.05, 3.63) is 103 Å². The average molecular weight is 473 g/mol. The summed E-state index contributed by atoms with van der Waals surface area (Å²) in [7, 11) is 0. The van der Waals surface area contributed by atoms with Gasteiger partial charge in [-0.25, -0.2) is 8.78 Å². The van der Waals surface area contributed by atoms with Gasteiger partial charge in [-0.2, -0.15) is 0 Å². The highest BCUT2D eigenvalue weighted by molar-refractivity contribution is 7.99. The summed E-state index contributed by atoms with van der Waals surface area (Å²) in [6, 6.07) is 26.0. The number of rotatable bonds is 6. The molecule has 0 saturated carbocycles. The lowest BCUT2D eigenvalue weighted by Gasteiger charge is -2.12. The molecule has 4 aromatic carbocycles. The molecule has 0 bridgehead atoms. The summed E-state index contributed by atoms with van der Waals surface area (Å²) < 4.78 is 29.8. The number of halogens is 2. The number of carbonyl (C=O) groups is 1. The van der Waals surface area contributed by atoms with Crippen LogP contribution in [-0.4, -0.2) is 26.4 Å². The first-order chi connectivity index (χ1) is 16.6. The number of aromatic nitrogens is 3. The Morgan fingerprint density at radius 2 is 1.65 bits per heavy atom. The maximum atomic E-state index is 14.7. The molecule has 0 fully saturated rings. The molecule has 34 heavy (non-hydrogen) atoms. The van der Waals surface area contributed by atoms with Crippen molar-refractivity contribution in [2.45, 2.75) is 5.16 Å². The van der Waals surface area contributed by atoms with Gasteiger partial charge in [0.1, 0.15) is 11.6 Å². The molecule has 1 aromatic heterocycles. The molecule has 0 saturated heterocycles. The SMILES string of the molecule is O=C(CSc1nnc(-c2ccccc2)n1-c1ccc(F)cc1F)Nc1cccc2ccccc12. The number of thioether (sulfide) groups is 1. The molecule has 0 spiro atoms. The Bertz CT molecular complexity index is 1480. The molecule has 1 heterocycles. The normalized spacial score (nSPS) is 11.0. The van der Waals surface area contributed by atoms with Crippen LogP contribution in [-0.2, 0) is 4.79 Å². The molecule has 5 nitrogen and oxygen atoms in total. The minimum absolute atomic E-state index is 0.0267. The van der Waals surface area contributed by atoms with Crippen LogP contribution in [0, 0.1) is 11.6 Å². The Kier molecular flexibility index (Phi) is 6.05. The number of hydrogen-bond donors (Lipinski definition) is 1. The largest absolute Gasteiger partial charge is 0.325 e. The van der Waals surface area contributed by atoms with Crippen molar-refractivity contribution in [1.29, 1.82) is 0 Å². The van der Waals surface area contributed by atoms with Gasteiger partial charge < -0.3 is 5.32 Å². The average Bonchev–Trinajstić information content (AvgIpc) is 3.27. The minimum atomic E-state index is -0.751. The van der Waals surface area contributed by atoms with E-state index in [1.807, 2.05) is 72.8 Å². The van der Waals surface area contributed by atoms with Crippen LogP contribution in [0.2, 0.25) is 0 Å². The molecule has 168 valence electrons. The molecule has 8 heteroatoms. The maximum Gasteiger partial charge on any atom is 0.234 e. The summed E-state index contributed by atoms with van der Waals surface area (Å²) in [6.07, 6.45) is 0. The Balaban J connectivity index is 1.43. The van der Waals surface area contributed by atoms with Gasteiger partial charge in [-0.15, -0.1) is 10.2 Å². The Morgan fingerprint density at radius 1 is 0.882 bits per heavy atom. The number of anilines is 1. The highest BCUT2D eigenvalue weighted by atomic mass is 32.2. The predicted molar refractivity (Wildman–Crippen MR) is 130 cm³/mol. The molecule has 1 amide bonds. The molecule has 0 radical (unpaired) electrons. The van der Waals surface area contributed by atoms with Crippen LogP contribution in [0.25, 0.3) is 27.8 Å². The number of carbonyl (C=O) groups excluding carboxylic acids is 1. The molecular formula is C26H18F2N4OS. The summed E-state index contributed by atoms with van der Waals surface area (Å²) in [5.74, 6) is -1.25. The van der Waals surface area contributed by atoms with E-state index in [0.29, 0.717) is 22.2 Å². The fourth-order valence-electron chi connectivity index (χ4n) is 3.67. The van der Waals surface area contributed by atoms with E-state index in [0.717, 1.165) is 28.6 Å². The minimum Gasteiger partial charge on any atom is -0.325 e. The summed E-state index contributed by atoms with van der Waals surface area (Å²) >= 11 is 1.12. The summed E-state index contributed by atoms with van der Waals surface area (Å²) in [6.45, 7) is 0. The third-order valence-electron chi connectivity index (χ3n) is 5.21. The zero-order valence-corrected chi connectivity index (χ0v) is 18.6. The molecule has 0 aliphatic carbocycles. The van der Waals surface area contributed by atoms with Crippen LogP contribution in [0.3, 0.4) is 0 Å². The zero-order valence-electron chi connectivity index (χ0n) is 17.8. The van der Waals surface area contributed by atoms with Crippen molar-refractivity contribution >= 4 is 34.1 Å². The number of nitrogens with zero attached hydrogens (tertiary/aromatic N) is 3. The van der Waals surface area contributed by atoms with Gasteiger partial charge in [-0.1, -0.05) is 78.5 Å². The first-order valence-corrected chi connectivity index (χ1v) is 11.5. The van der Waals surface area contributed by atoms with Crippen LogP contribution >= 0.6 is 11.8 Å². The van der Waals surface area contributed by atoms with Gasteiger partial charge in [0.15, 0.2) is 11.0 Å². The number of nitrogens with one attached hydrogen (secondary N) is 1. The summed E-state index contributed by atoms with van der Waals surface area (Å²) in [5.41, 5.74) is 1.52. The molecular weight excluding hydrogens is 454 g/mol. The molecule has 0 unspecified atom stereocenters. The van der Waals surface area contributed by atoms with E-state index < -0.39 is 11.6 Å². The lowest BCUT2D eigenvalue weighted by Crippen LogP contribution is -2.15. The van der Waals surface area contributed by atoms with Gasteiger partial charge in [0.2, 0.25) is 5.91 Å². The van der Waals surface area contributed by atoms with Crippen molar-refractivity contribution in [1.82, 2.24) is 14.8 Å². The third kappa shape index (κ3) is 4.40. The Hall–Kier alpha value is -4.04. The van der Waals surface area contributed by atoms with Crippen molar-refractivity contribution in [3.8, 4) is 17.1 Å².